The number of aryl methyl sites for hydroxylation is 1. The zero-order valence-electron chi connectivity index (χ0n) is 22.0. The van der Waals surface area contributed by atoms with E-state index in [0.29, 0.717) is 28.1 Å². The molecular weight excluding hydrogens is 492 g/mol. The van der Waals surface area contributed by atoms with Gasteiger partial charge in [0.2, 0.25) is 0 Å². The van der Waals surface area contributed by atoms with E-state index in [2.05, 4.69) is 38.8 Å². The Hall–Kier alpha value is -5.01. The third-order valence-corrected chi connectivity index (χ3v) is 6.20. The molecule has 1 aliphatic heterocycles. The van der Waals surface area contributed by atoms with E-state index in [0.717, 1.165) is 42.3 Å². The smallest absolute Gasteiger partial charge is 0.274 e. The summed E-state index contributed by atoms with van der Waals surface area (Å²) in [5.41, 5.74) is 1.33. The first-order chi connectivity index (χ1) is 18.9. The van der Waals surface area contributed by atoms with Crippen LogP contribution in [-0.2, 0) is 7.05 Å². The highest BCUT2D eigenvalue weighted by Gasteiger charge is 2.20. The van der Waals surface area contributed by atoms with E-state index < -0.39 is 5.91 Å². The fraction of sp³-hybridized carbons (Fsp3) is 0.207. The second-order valence-electron chi connectivity index (χ2n) is 8.82. The summed E-state index contributed by atoms with van der Waals surface area (Å²) in [5, 5.41) is 31.1. The van der Waals surface area contributed by atoms with Crippen LogP contribution in [0.3, 0.4) is 0 Å². The summed E-state index contributed by atoms with van der Waals surface area (Å²) < 4.78 is 1.69. The molecule has 0 unspecified atom stereocenters. The molecule has 10 nitrogen and oxygen atoms in total. The predicted molar refractivity (Wildman–Crippen MR) is 153 cm³/mol. The van der Waals surface area contributed by atoms with Crippen LogP contribution in [0.1, 0.15) is 23.2 Å². The molecule has 1 amide bonds. The van der Waals surface area contributed by atoms with Crippen LogP contribution < -0.4 is 26.1 Å². The van der Waals surface area contributed by atoms with E-state index in [-0.39, 0.29) is 11.4 Å². The lowest BCUT2D eigenvalue weighted by Gasteiger charge is -2.28. The molecule has 0 radical (unpaired) electrons. The number of rotatable bonds is 5. The third-order valence-electron chi connectivity index (χ3n) is 6.20. The lowest BCUT2D eigenvalue weighted by Crippen LogP contribution is -2.44. The van der Waals surface area contributed by atoms with Crippen molar-refractivity contribution in [3.05, 3.63) is 83.4 Å². The fourth-order valence-corrected chi connectivity index (χ4v) is 4.44. The van der Waals surface area contributed by atoms with E-state index in [1.165, 1.54) is 13.0 Å². The van der Waals surface area contributed by atoms with Gasteiger partial charge in [-0.25, -0.2) is 9.97 Å². The maximum atomic E-state index is 13.5. The largest absolute Gasteiger partial charge is 0.508 e. The molecule has 4 aromatic rings. The van der Waals surface area contributed by atoms with Gasteiger partial charge in [-0.15, -0.1) is 0 Å². The van der Waals surface area contributed by atoms with Crippen molar-refractivity contribution >= 4 is 40.3 Å². The van der Waals surface area contributed by atoms with Crippen LogP contribution in [0.25, 0.3) is 22.9 Å². The van der Waals surface area contributed by atoms with Crippen LogP contribution in [0.15, 0.2) is 61.3 Å². The van der Waals surface area contributed by atoms with Crippen LogP contribution in [0, 0.1) is 11.3 Å². The lowest BCUT2D eigenvalue weighted by atomic mass is 10.1. The Morgan fingerprint density at radius 3 is 2.59 bits per heavy atom. The number of hydrogen-bond donors (Lipinski definition) is 3. The van der Waals surface area contributed by atoms with Gasteiger partial charge in [0, 0.05) is 68.5 Å². The molecule has 198 valence electrons. The van der Waals surface area contributed by atoms with Gasteiger partial charge in [0.15, 0.2) is 5.82 Å². The van der Waals surface area contributed by atoms with Gasteiger partial charge in [-0.1, -0.05) is 43.5 Å². The monoisotopic (exact) mass is 522 g/mol. The van der Waals surface area contributed by atoms with E-state index in [1.54, 1.807) is 35.2 Å². The first-order valence-electron chi connectivity index (χ1n) is 12.4. The Kier molecular flexibility index (Phi) is 8.33. The van der Waals surface area contributed by atoms with Crippen molar-refractivity contribution in [1.29, 1.82) is 5.26 Å². The number of amides is 1. The standard InChI is InChI=1S/C27H27N7O2.C2H3N/c1-4-20(25-17(2)16-29-33(25)3)26-30-23(15-24(32-26)34-11-9-28-10-12-34)27(36)31-22-14-19(35)13-18-7-5-6-8-21(18)22;1-2-3/h4-8,13-16,28,35H,1-2,9-12H2,3H3,(H,31,36);1H3/b25-20-;. The van der Waals surface area contributed by atoms with Crippen molar-refractivity contribution in [3.63, 3.8) is 0 Å². The highest BCUT2D eigenvalue weighted by molar-refractivity contribution is 6.09. The molecule has 1 saturated heterocycles. The number of nitriles is 1. The van der Waals surface area contributed by atoms with Crippen molar-refractivity contribution in [1.82, 2.24) is 25.1 Å². The summed E-state index contributed by atoms with van der Waals surface area (Å²) in [4.78, 5) is 25.1. The second kappa shape index (κ2) is 12.0. The maximum Gasteiger partial charge on any atom is 0.274 e. The quantitative estimate of drug-likeness (QED) is 0.363. The average Bonchev–Trinajstić information content (AvgIpc) is 3.27. The van der Waals surface area contributed by atoms with Gasteiger partial charge in [-0.3, -0.25) is 9.48 Å². The minimum atomic E-state index is -0.408. The van der Waals surface area contributed by atoms with Gasteiger partial charge in [0.25, 0.3) is 5.91 Å². The zero-order chi connectivity index (χ0) is 27.9. The summed E-state index contributed by atoms with van der Waals surface area (Å²) in [7, 11) is 1.81. The van der Waals surface area contributed by atoms with Crippen molar-refractivity contribution in [2.75, 3.05) is 36.4 Å². The molecule has 5 rings (SSSR count). The number of allylic oxidation sites excluding steroid dienone is 1. The van der Waals surface area contributed by atoms with Crippen molar-refractivity contribution < 1.29 is 9.90 Å². The molecule has 0 saturated carbocycles. The number of piperazine rings is 1. The van der Waals surface area contributed by atoms with Gasteiger partial charge >= 0.3 is 0 Å². The van der Waals surface area contributed by atoms with E-state index in [4.69, 9.17) is 10.2 Å². The van der Waals surface area contributed by atoms with Crippen molar-refractivity contribution in [3.8, 4) is 11.8 Å². The minimum absolute atomic E-state index is 0.0651. The average molecular weight is 523 g/mol. The molecule has 0 atom stereocenters. The number of benzene rings is 2. The number of aromatic hydroxyl groups is 1. The molecule has 0 bridgehead atoms. The number of anilines is 2. The Morgan fingerprint density at radius 2 is 1.92 bits per heavy atom. The highest BCUT2D eigenvalue weighted by atomic mass is 16.3. The molecule has 3 heterocycles. The van der Waals surface area contributed by atoms with Gasteiger partial charge in [0.05, 0.1) is 23.3 Å². The molecule has 39 heavy (non-hydrogen) atoms. The highest BCUT2D eigenvalue weighted by Crippen LogP contribution is 2.29. The maximum absolute atomic E-state index is 13.5. The first kappa shape index (κ1) is 27.0. The number of nitrogens with one attached hydrogen (secondary N) is 2. The number of phenols is 1. The number of carbonyl (C=O) groups excluding carboxylic acids is 1. The van der Waals surface area contributed by atoms with E-state index in [1.807, 2.05) is 31.3 Å². The number of phenolic OH excluding ortho intramolecular Hbond substituents is 1. The number of fused-ring (bicyclic) bond motifs is 1. The molecule has 1 aliphatic rings. The second-order valence-corrected chi connectivity index (χ2v) is 8.82. The summed E-state index contributed by atoms with van der Waals surface area (Å²) >= 11 is 0. The molecule has 3 N–H and O–H groups in total. The SMILES string of the molecule is C=C/C(c1nc(C(=O)Nc2cc(O)cc3ccccc23)cc(N2CCNCC2)n1)=c1\c(=C)cnn1C.CC#N. The normalized spacial score (nSPS) is 13.6. The minimum Gasteiger partial charge on any atom is -0.508 e. The lowest BCUT2D eigenvalue weighted by molar-refractivity contribution is 0.102. The third kappa shape index (κ3) is 5.95. The first-order valence-corrected chi connectivity index (χ1v) is 12.4. The van der Waals surface area contributed by atoms with Crippen LogP contribution in [0.5, 0.6) is 5.75 Å². The molecule has 0 aliphatic carbocycles. The van der Waals surface area contributed by atoms with E-state index in [9.17, 15) is 9.90 Å². The summed E-state index contributed by atoms with van der Waals surface area (Å²) in [6.45, 7) is 12.6. The molecule has 10 heteroatoms. The topological polar surface area (TPSA) is 132 Å². The van der Waals surface area contributed by atoms with Crippen molar-refractivity contribution in [2.45, 2.75) is 6.92 Å². The van der Waals surface area contributed by atoms with Crippen LogP contribution >= 0.6 is 0 Å². The Balaban J connectivity index is 0.00000112. The summed E-state index contributed by atoms with van der Waals surface area (Å²) in [5.74, 6) is 0.671. The van der Waals surface area contributed by atoms with Gasteiger partial charge in [0.1, 0.15) is 17.3 Å². The fourth-order valence-electron chi connectivity index (χ4n) is 4.44. The zero-order valence-corrected chi connectivity index (χ0v) is 22.0. The number of carbonyl (C=O) groups is 1. The summed E-state index contributed by atoms with van der Waals surface area (Å²) in [6, 6.07) is 14.2. The van der Waals surface area contributed by atoms with Gasteiger partial charge in [-0.2, -0.15) is 10.4 Å². The van der Waals surface area contributed by atoms with Crippen molar-refractivity contribution in [2.24, 2.45) is 7.05 Å². The van der Waals surface area contributed by atoms with E-state index >= 15 is 0 Å². The number of nitrogens with zero attached hydrogens (tertiary/aromatic N) is 6. The van der Waals surface area contributed by atoms with Crippen LogP contribution in [-0.4, -0.2) is 56.9 Å². The summed E-state index contributed by atoms with van der Waals surface area (Å²) in [6.07, 6.45) is 3.33. The Morgan fingerprint density at radius 1 is 1.21 bits per heavy atom. The number of hydrogen-bond acceptors (Lipinski definition) is 8. The van der Waals surface area contributed by atoms with Crippen LogP contribution in [0.4, 0.5) is 11.5 Å². The van der Waals surface area contributed by atoms with Gasteiger partial charge in [-0.05, 0) is 11.5 Å². The molecule has 2 aromatic heterocycles. The Bertz CT molecular complexity index is 1680. The number of aromatic nitrogens is 4. The molecule has 2 aromatic carbocycles. The van der Waals surface area contributed by atoms with Crippen LogP contribution in [0.2, 0.25) is 0 Å². The molecule has 0 spiro atoms. The molecular formula is C29H30N8O2. The predicted octanol–water partition coefficient (Wildman–Crippen LogP) is 2.06. The molecule has 1 fully saturated rings. The van der Waals surface area contributed by atoms with Gasteiger partial charge < -0.3 is 20.6 Å². The Labute approximate surface area is 226 Å².